The van der Waals surface area contributed by atoms with Crippen molar-refractivity contribution in [2.45, 2.75) is 77.4 Å². The lowest BCUT2D eigenvalue weighted by atomic mass is 9.60. The second kappa shape index (κ2) is 14.2. The lowest BCUT2D eigenvalue weighted by Crippen LogP contribution is -2.52. The Labute approximate surface area is 305 Å². The van der Waals surface area contributed by atoms with E-state index in [9.17, 15) is 20.4 Å². The largest absolute Gasteiger partial charge is 0.507 e. The molecule has 8 heteroatoms. The maximum atomic E-state index is 12.5. The number of nitrogens with two attached hydrogens (primary N) is 2. The van der Waals surface area contributed by atoms with Crippen LogP contribution in [0.5, 0.6) is 11.5 Å². The highest BCUT2D eigenvalue weighted by molar-refractivity contribution is 6.21. The zero-order valence-electron chi connectivity index (χ0n) is 30.7. The van der Waals surface area contributed by atoms with Crippen molar-refractivity contribution < 1.29 is 20.4 Å². The standard InChI is InChI=1S/C44H52N4O4/c1-5-21-47(22-6-2)41-25-13-9-17-29(45)33(25)37(34-26(41)14-10-18-30(34)46)39-43(51)40(44(39)52)38-35-27(15-11-19-31(35)49)42(48(23-7-3)24-8-4)28-16-12-20-32(50)36(28)38/h9-20,39-40,43-44,49-52H,5-8,21-24,45-46H2,1-4H3. The molecule has 1 aliphatic carbocycles. The molecule has 6 aromatic rings. The molecule has 0 radical (unpaired) electrons. The van der Waals surface area contributed by atoms with Gasteiger partial charge in [-0.15, -0.1) is 0 Å². The zero-order valence-corrected chi connectivity index (χ0v) is 30.7. The number of hydrogen-bond acceptors (Lipinski definition) is 8. The second-order valence-corrected chi connectivity index (χ2v) is 14.5. The molecule has 0 amide bonds. The number of fused-ring (bicyclic) bond motifs is 4. The minimum atomic E-state index is -1.09. The first-order chi connectivity index (χ1) is 25.2. The van der Waals surface area contributed by atoms with Crippen molar-refractivity contribution >= 4 is 65.8 Å². The summed E-state index contributed by atoms with van der Waals surface area (Å²) < 4.78 is 0. The lowest BCUT2D eigenvalue weighted by Gasteiger charge is -2.49. The van der Waals surface area contributed by atoms with E-state index in [-0.39, 0.29) is 11.5 Å². The van der Waals surface area contributed by atoms with Gasteiger partial charge in [-0.3, -0.25) is 0 Å². The minimum Gasteiger partial charge on any atom is -0.507 e. The predicted octanol–water partition coefficient (Wildman–Crippen LogP) is 8.73. The van der Waals surface area contributed by atoms with Gasteiger partial charge in [0.1, 0.15) is 11.5 Å². The highest BCUT2D eigenvalue weighted by Crippen LogP contribution is 2.59. The average molecular weight is 701 g/mol. The predicted molar refractivity (Wildman–Crippen MR) is 218 cm³/mol. The number of phenolic OH excluding ortho intramolecular Hbond substituents is 2. The summed E-state index contributed by atoms with van der Waals surface area (Å²) in [5.74, 6) is -1.50. The second-order valence-electron chi connectivity index (χ2n) is 14.5. The number of nitrogens with zero attached hydrogens (tertiary/aromatic N) is 2. The van der Waals surface area contributed by atoms with Gasteiger partial charge in [-0.25, -0.2) is 0 Å². The number of anilines is 4. The molecule has 2 unspecified atom stereocenters. The molecule has 7 rings (SSSR count). The fraction of sp³-hybridized carbons (Fsp3) is 0.364. The molecule has 0 aliphatic heterocycles. The van der Waals surface area contributed by atoms with E-state index in [0.717, 1.165) is 101 Å². The molecule has 2 atom stereocenters. The van der Waals surface area contributed by atoms with Gasteiger partial charge in [0, 0.05) is 92.5 Å². The molecule has 0 spiro atoms. The molecule has 0 heterocycles. The molecular formula is C44H52N4O4. The summed E-state index contributed by atoms with van der Waals surface area (Å²) in [7, 11) is 0. The SMILES string of the molecule is CCCN(CCC)c1c2cccc(N)c2c(C2C(O)C(c3c4c(O)cccc4c(N(CCC)CCC)c4cccc(O)c34)C2O)c2c(N)cccc12. The van der Waals surface area contributed by atoms with Crippen LogP contribution in [-0.2, 0) is 0 Å². The number of aromatic hydroxyl groups is 2. The van der Waals surface area contributed by atoms with Crippen LogP contribution in [-0.4, -0.2) is 58.8 Å². The molecule has 0 aromatic heterocycles. The average Bonchev–Trinajstić information content (AvgIpc) is 3.12. The number of aliphatic hydroxyl groups is 2. The number of aliphatic hydroxyl groups excluding tert-OH is 2. The Morgan fingerprint density at radius 2 is 0.788 bits per heavy atom. The van der Waals surface area contributed by atoms with Crippen LogP contribution in [0.25, 0.3) is 43.1 Å². The van der Waals surface area contributed by atoms with Crippen molar-refractivity contribution in [3.8, 4) is 11.5 Å². The monoisotopic (exact) mass is 700 g/mol. The summed E-state index contributed by atoms with van der Waals surface area (Å²) in [5.41, 5.74) is 18.1. The van der Waals surface area contributed by atoms with E-state index in [2.05, 4.69) is 49.6 Å². The summed E-state index contributed by atoms with van der Waals surface area (Å²) in [5, 5.41) is 54.4. The number of benzene rings is 6. The van der Waals surface area contributed by atoms with Gasteiger partial charge in [-0.1, -0.05) is 76.2 Å². The van der Waals surface area contributed by atoms with Crippen molar-refractivity contribution in [2.24, 2.45) is 0 Å². The van der Waals surface area contributed by atoms with Crippen LogP contribution < -0.4 is 21.3 Å². The first-order valence-corrected chi connectivity index (χ1v) is 19.0. The molecule has 52 heavy (non-hydrogen) atoms. The zero-order chi connectivity index (χ0) is 36.8. The molecule has 0 saturated heterocycles. The fourth-order valence-electron chi connectivity index (χ4n) is 9.20. The van der Waals surface area contributed by atoms with Crippen molar-refractivity contribution in [2.75, 3.05) is 47.4 Å². The van der Waals surface area contributed by atoms with E-state index in [0.29, 0.717) is 27.7 Å². The summed E-state index contributed by atoms with van der Waals surface area (Å²) in [6.07, 6.45) is 1.59. The van der Waals surface area contributed by atoms with E-state index in [1.165, 1.54) is 0 Å². The van der Waals surface area contributed by atoms with Gasteiger partial charge in [0.25, 0.3) is 0 Å². The van der Waals surface area contributed by atoms with Gasteiger partial charge >= 0.3 is 0 Å². The summed E-state index contributed by atoms with van der Waals surface area (Å²) >= 11 is 0. The summed E-state index contributed by atoms with van der Waals surface area (Å²) in [6.45, 7) is 11.9. The van der Waals surface area contributed by atoms with Crippen LogP contribution in [0.15, 0.2) is 72.8 Å². The topological polar surface area (TPSA) is 139 Å². The Morgan fingerprint density at radius 1 is 0.481 bits per heavy atom. The molecule has 8 nitrogen and oxygen atoms in total. The highest BCUT2D eigenvalue weighted by atomic mass is 16.3. The molecule has 1 aliphatic rings. The molecular weight excluding hydrogens is 649 g/mol. The smallest absolute Gasteiger partial charge is 0.123 e. The van der Waals surface area contributed by atoms with Crippen molar-refractivity contribution in [1.29, 1.82) is 0 Å². The molecule has 8 N–H and O–H groups in total. The summed E-state index contributed by atoms with van der Waals surface area (Å²) in [6, 6.07) is 22.7. The van der Waals surface area contributed by atoms with Crippen LogP contribution >= 0.6 is 0 Å². The molecule has 1 fully saturated rings. The van der Waals surface area contributed by atoms with Crippen LogP contribution in [0, 0.1) is 0 Å². The number of phenols is 2. The number of rotatable bonds is 12. The van der Waals surface area contributed by atoms with E-state index in [4.69, 9.17) is 11.5 Å². The van der Waals surface area contributed by atoms with Crippen LogP contribution in [0.3, 0.4) is 0 Å². The molecule has 1 saturated carbocycles. The Morgan fingerprint density at radius 3 is 1.13 bits per heavy atom. The first-order valence-electron chi connectivity index (χ1n) is 19.0. The van der Waals surface area contributed by atoms with Gasteiger partial charge in [-0.2, -0.15) is 0 Å². The third-order valence-electron chi connectivity index (χ3n) is 11.1. The van der Waals surface area contributed by atoms with Gasteiger partial charge in [0.05, 0.1) is 23.6 Å². The van der Waals surface area contributed by atoms with Gasteiger partial charge < -0.3 is 41.7 Å². The minimum absolute atomic E-state index is 0.0374. The van der Waals surface area contributed by atoms with Crippen molar-refractivity contribution in [3.05, 3.63) is 83.9 Å². The maximum Gasteiger partial charge on any atom is 0.123 e. The van der Waals surface area contributed by atoms with E-state index in [1.54, 1.807) is 12.1 Å². The van der Waals surface area contributed by atoms with Gasteiger partial charge in [0.15, 0.2) is 0 Å². The van der Waals surface area contributed by atoms with Gasteiger partial charge in [-0.05, 0) is 61.1 Å². The summed E-state index contributed by atoms with van der Waals surface area (Å²) in [4.78, 5) is 4.71. The Bertz CT molecular complexity index is 1980. The van der Waals surface area contributed by atoms with E-state index in [1.807, 2.05) is 48.5 Å². The van der Waals surface area contributed by atoms with Crippen LogP contribution in [0.1, 0.15) is 76.3 Å². The fourth-order valence-corrected chi connectivity index (χ4v) is 9.20. The molecule has 0 bridgehead atoms. The van der Waals surface area contributed by atoms with Crippen LogP contribution in [0.4, 0.5) is 22.7 Å². The third-order valence-corrected chi connectivity index (χ3v) is 11.1. The molecule has 272 valence electrons. The van der Waals surface area contributed by atoms with Crippen LogP contribution in [0.2, 0.25) is 0 Å². The highest BCUT2D eigenvalue weighted by Gasteiger charge is 2.53. The van der Waals surface area contributed by atoms with E-state index < -0.39 is 24.0 Å². The third kappa shape index (κ3) is 5.42. The number of nitrogen functional groups attached to an aromatic ring is 2. The first kappa shape index (κ1) is 35.5. The quantitative estimate of drug-likeness (QED) is 0.0551. The Hall–Kier alpha value is -4.92. The molecule has 6 aromatic carbocycles. The number of hydrogen-bond donors (Lipinski definition) is 6. The maximum absolute atomic E-state index is 12.5. The van der Waals surface area contributed by atoms with E-state index >= 15 is 0 Å². The Balaban J connectivity index is 1.50. The normalized spacial score (nSPS) is 18.7. The van der Waals surface area contributed by atoms with Crippen molar-refractivity contribution in [1.82, 2.24) is 0 Å². The van der Waals surface area contributed by atoms with Gasteiger partial charge in [0.2, 0.25) is 0 Å². The lowest BCUT2D eigenvalue weighted by molar-refractivity contribution is -0.0765. The van der Waals surface area contributed by atoms with Crippen molar-refractivity contribution in [3.63, 3.8) is 0 Å². The Kier molecular flexibility index (Phi) is 9.72.